The molecule has 0 fully saturated rings. The van der Waals surface area contributed by atoms with E-state index in [4.69, 9.17) is 10.5 Å². The second-order valence-corrected chi connectivity index (χ2v) is 4.52. The predicted octanol–water partition coefficient (Wildman–Crippen LogP) is 2.98. The van der Waals surface area contributed by atoms with Gasteiger partial charge in [0.1, 0.15) is 5.75 Å². The Labute approximate surface area is 91.4 Å². The van der Waals surface area contributed by atoms with Crippen molar-refractivity contribution in [2.75, 3.05) is 6.61 Å². The molecule has 0 radical (unpaired) electrons. The van der Waals surface area contributed by atoms with Crippen molar-refractivity contribution in [3.8, 4) is 5.75 Å². The van der Waals surface area contributed by atoms with Gasteiger partial charge in [-0.1, -0.05) is 32.0 Å². The summed E-state index contributed by atoms with van der Waals surface area (Å²) in [5, 5.41) is 0. The molecule has 1 aromatic rings. The molecule has 0 aromatic heterocycles. The first-order valence-electron chi connectivity index (χ1n) is 5.71. The van der Waals surface area contributed by atoms with Gasteiger partial charge in [-0.3, -0.25) is 0 Å². The maximum Gasteiger partial charge on any atom is 0.127 e. The zero-order valence-corrected chi connectivity index (χ0v) is 9.49. The molecule has 0 spiro atoms. The van der Waals surface area contributed by atoms with Crippen molar-refractivity contribution in [3.63, 3.8) is 0 Å². The van der Waals surface area contributed by atoms with Gasteiger partial charge in [-0.15, -0.1) is 0 Å². The van der Waals surface area contributed by atoms with Crippen LogP contribution in [0, 0.1) is 0 Å². The molecular formula is C13H19NO. The lowest BCUT2D eigenvalue weighted by atomic mass is 9.95. The van der Waals surface area contributed by atoms with Crippen LogP contribution < -0.4 is 10.5 Å². The van der Waals surface area contributed by atoms with Crippen molar-refractivity contribution in [1.82, 2.24) is 0 Å². The Morgan fingerprint density at radius 1 is 1.40 bits per heavy atom. The predicted molar refractivity (Wildman–Crippen MR) is 62.2 cm³/mol. The van der Waals surface area contributed by atoms with E-state index in [9.17, 15) is 0 Å². The van der Waals surface area contributed by atoms with Gasteiger partial charge in [-0.25, -0.2) is 0 Å². The molecule has 0 saturated carbocycles. The first kappa shape index (κ1) is 10.5. The Hall–Kier alpha value is -1.02. The molecule has 1 aliphatic rings. The van der Waals surface area contributed by atoms with Gasteiger partial charge >= 0.3 is 0 Å². The van der Waals surface area contributed by atoms with E-state index in [0.717, 1.165) is 25.2 Å². The van der Waals surface area contributed by atoms with Crippen LogP contribution in [0.5, 0.6) is 5.75 Å². The third kappa shape index (κ3) is 2.00. The van der Waals surface area contributed by atoms with Crippen molar-refractivity contribution in [2.24, 2.45) is 5.73 Å². The number of hydrogen-bond acceptors (Lipinski definition) is 2. The van der Waals surface area contributed by atoms with Gasteiger partial charge in [0.2, 0.25) is 0 Å². The largest absolute Gasteiger partial charge is 0.493 e. The van der Waals surface area contributed by atoms with Crippen molar-refractivity contribution in [1.29, 1.82) is 0 Å². The quantitative estimate of drug-likeness (QED) is 0.765. The minimum atomic E-state index is 0.140. The van der Waals surface area contributed by atoms with Gasteiger partial charge < -0.3 is 10.5 Å². The first-order chi connectivity index (χ1) is 7.20. The van der Waals surface area contributed by atoms with Gasteiger partial charge in [0.05, 0.1) is 6.61 Å². The molecule has 2 nitrogen and oxygen atoms in total. The summed E-state index contributed by atoms with van der Waals surface area (Å²) in [5.74, 6) is 1.53. The van der Waals surface area contributed by atoms with E-state index in [-0.39, 0.29) is 6.04 Å². The maximum atomic E-state index is 6.14. The van der Waals surface area contributed by atoms with Crippen LogP contribution in [-0.4, -0.2) is 6.61 Å². The molecule has 0 saturated heterocycles. The number of benzene rings is 1. The summed E-state index contributed by atoms with van der Waals surface area (Å²) in [7, 11) is 0. The highest BCUT2D eigenvalue weighted by atomic mass is 16.5. The zero-order chi connectivity index (χ0) is 10.8. The van der Waals surface area contributed by atoms with Crippen LogP contribution in [-0.2, 0) is 0 Å². The van der Waals surface area contributed by atoms with Gasteiger partial charge in [0, 0.05) is 11.6 Å². The minimum Gasteiger partial charge on any atom is -0.493 e. The average molecular weight is 205 g/mol. The van der Waals surface area contributed by atoms with Crippen molar-refractivity contribution in [3.05, 3.63) is 29.3 Å². The normalized spacial score (nSPS) is 20.7. The van der Waals surface area contributed by atoms with E-state index >= 15 is 0 Å². The molecule has 0 bridgehead atoms. The van der Waals surface area contributed by atoms with Crippen LogP contribution in [0.2, 0.25) is 0 Å². The Morgan fingerprint density at radius 3 is 2.93 bits per heavy atom. The number of rotatable bonds is 1. The van der Waals surface area contributed by atoms with E-state index in [0.29, 0.717) is 5.92 Å². The van der Waals surface area contributed by atoms with Gasteiger partial charge in [-0.2, -0.15) is 0 Å². The number of fused-ring (bicyclic) bond motifs is 1. The molecule has 1 aliphatic heterocycles. The lowest BCUT2D eigenvalue weighted by Gasteiger charge is -2.17. The van der Waals surface area contributed by atoms with E-state index in [1.165, 1.54) is 11.1 Å². The molecule has 1 unspecified atom stereocenters. The Bertz CT molecular complexity index is 346. The smallest absolute Gasteiger partial charge is 0.127 e. The van der Waals surface area contributed by atoms with E-state index < -0.39 is 0 Å². The summed E-state index contributed by atoms with van der Waals surface area (Å²) >= 11 is 0. The van der Waals surface area contributed by atoms with Crippen LogP contribution in [0.4, 0.5) is 0 Å². The molecular weight excluding hydrogens is 186 g/mol. The topological polar surface area (TPSA) is 35.2 Å². The summed E-state index contributed by atoms with van der Waals surface area (Å²) in [6, 6.07) is 6.46. The second kappa shape index (κ2) is 4.23. The van der Waals surface area contributed by atoms with Gasteiger partial charge in [0.25, 0.3) is 0 Å². The van der Waals surface area contributed by atoms with Crippen LogP contribution in [0.1, 0.15) is 49.8 Å². The van der Waals surface area contributed by atoms with Crippen LogP contribution in [0.3, 0.4) is 0 Å². The average Bonchev–Trinajstić information content (AvgIpc) is 2.40. The van der Waals surface area contributed by atoms with Crippen molar-refractivity contribution < 1.29 is 4.74 Å². The van der Waals surface area contributed by atoms with E-state index in [1.54, 1.807) is 0 Å². The Balaban J connectivity index is 2.48. The minimum absolute atomic E-state index is 0.140. The number of para-hydroxylation sites is 1. The second-order valence-electron chi connectivity index (χ2n) is 4.52. The van der Waals surface area contributed by atoms with E-state index in [2.05, 4.69) is 32.0 Å². The highest BCUT2D eigenvalue weighted by Gasteiger charge is 2.19. The molecule has 0 aliphatic carbocycles. The summed E-state index contributed by atoms with van der Waals surface area (Å²) in [6.07, 6.45) is 2.07. The molecule has 82 valence electrons. The SMILES string of the molecule is CC(C)c1cccc2c1OCCCC2N. The highest BCUT2D eigenvalue weighted by Crippen LogP contribution is 2.36. The summed E-state index contributed by atoms with van der Waals surface area (Å²) in [5.41, 5.74) is 8.60. The highest BCUT2D eigenvalue weighted by molar-refractivity contribution is 5.45. The van der Waals surface area contributed by atoms with E-state index in [1.807, 2.05) is 0 Å². The molecule has 1 heterocycles. The first-order valence-corrected chi connectivity index (χ1v) is 5.71. The zero-order valence-electron chi connectivity index (χ0n) is 9.49. The van der Waals surface area contributed by atoms with Crippen molar-refractivity contribution in [2.45, 2.75) is 38.6 Å². The molecule has 2 heteroatoms. The molecule has 1 aromatic carbocycles. The third-order valence-electron chi connectivity index (χ3n) is 3.00. The number of hydrogen-bond donors (Lipinski definition) is 1. The Kier molecular flexibility index (Phi) is 2.96. The number of ether oxygens (including phenoxy) is 1. The molecule has 15 heavy (non-hydrogen) atoms. The third-order valence-corrected chi connectivity index (χ3v) is 3.00. The number of nitrogens with two attached hydrogens (primary N) is 1. The van der Waals surface area contributed by atoms with Gasteiger partial charge in [-0.05, 0) is 24.3 Å². The monoisotopic (exact) mass is 205 g/mol. The van der Waals surface area contributed by atoms with Crippen LogP contribution in [0.25, 0.3) is 0 Å². The molecule has 2 N–H and O–H groups in total. The Morgan fingerprint density at radius 2 is 2.20 bits per heavy atom. The van der Waals surface area contributed by atoms with Crippen LogP contribution in [0.15, 0.2) is 18.2 Å². The fourth-order valence-electron chi connectivity index (χ4n) is 2.12. The van der Waals surface area contributed by atoms with Crippen molar-refractivity contribution >= 4 is 0 Å². The molecule has 1 atom stereocenters. The molecule has 0 amide bonds. The molecule has 2 rings (SSSR count). The maximum absolute atomic E-state index is 6.14. The fraction of sp³-hybridized carbons (Fsp3) is 0.538. The lowest BCUT2D eigenvalue weighted by molar-refractivity contribution is 0.312. The summed E-state index contributed by atoms with van der Waals surface area (Å²) in [4.78, 5) is 0. The standard InChI is InChI=1S/C13H19NO/c1-9(2)10-5-3-6-11-12(14)7-4-8-15-13(10)11/h3,5-6,9,12H,4,7-8,14H2,1-2H3. The summed E-state index contributed by atoms with van der Waals surface area (Å²) in [6.45, 7) is 5.18. The van der Waals surface area contributed by atoms with Crippen LogP contribution >= 0.6 is 0 Å². The lowest BCUT2D eigenvalue weighted by Crippen LogP contribution is -2.09. The van der Waals surface area contributed by atoms with Gasteiger partial charge in [0.15, 0.2) is 0 Å². The fourth-order valence-corrected chi connectivity index (χ4v) is 2.12. The summed E-state index contributed by atoms with van der Waals surface area (Å²) < 4.78 is 5.83.